The van der Waals surface area contributed by atoms with Gasteiger partial charge in [0.25, 0.3) is 0 Å². The maximum absolute atomic E-state index is 9.42. The number of hydrogen-bond donors (Lipinski definition) is 1. The first-order valence-electron chi connectivity index (χ1n) is 1.09. The van der Waals surface area contributed by atoms with Gasteiger partial charge in [0.1, 0.15) is 0 Å². The molecule has 0 bridgehead atoms. The Morgan fingerprint density at radius 1 is 1.71 bits per heavy atom. The Kier molecular flexibility index (Phi) is 1.72. The van der Waals surface area contributed by atoms with Crippen LogP contribution in [-0.4, -0.2) is 17.6 Å². The number of rotatable bonds is 1. The van der Waals surface area contributed by atoms with Gasteiger partial charge in [0.15, 0.2) is 0 Å². The van der Waals surface area contributed by atoms with Crippen molar-refractivity contribution in [2.24, 2.45) is 0 Å². The molecule has 0 saturated carbocycles. The summed E-state index contributed by atoms with van der Waals surface area (Å²) < 4.78 is 29.6. The Hall–Kier alpha value is -0.631. The third kappa shape index (κ3) is 5.37. The van der Waals surface area contributed by atoms with Crippen LogP contribution < -0.4 is 0 Å². The summed E-state index contributed by atoms with van der Waals surface area (Å²) in [5.41, 5.74) is 0. The molecule has 0 spiro atoms. The van der Waals surface area contributed by atoms with E-state index in [1.807, 2.05) is 5.01 Å². The van der Waals surface area contributed by atoms with Gasteiger partial charge in [0, 0.05) is 0 Å². The summed E-state index contributed by atoms with van der Waals surface area (Å²) in [6.07, 6.45) is 0. The molecular formula is CHNO4Se. The molecule has 0 radical (unpaired) electrons. The quantitative estimate of drug-likeness (QED) is 0.315. The van der Waals surface area contributed by atoms with Gasteiger partial charge in [-0.15, -0.1) is 0 Å². The molecule has 0 unspecified atom stereocenters. The van der Waals surface area contributed by atoms with Crippen molar-refractivity contribution in [3.63, 3.8) is 0 Å². The van der Waals surface area contributed by atoms with Crippen molar-refractivity contribution in [1.82, 2.24) is 0 Å². The van der Waals surface area contributed by atoms with Crippen LogP contribution in [0.5, 0.6) is 0 Å². The molecule has 0 fully saturated rings. The zero-order chi connectivity index (χ0) is 5.91. The first-order chi connectivity index (χ1) is 3.06. The van der Waals surface area contributed by atoms with Crippen molar-refractivity contribution >= 4 is 13.4 Å². The average molecular weight is 170 g/mol. The van der Waals surface area contributed by atoms with Crippen molar-refractivity contribution in [2.45, 2.75) is 0 Å². The van der Waals surface area contributed by atoms with Gasteiger partial charge in [0.05, 0.1) is 0 Å². The Balaban J connectivity index is 3.92. The van der Waals surface area contributed by atoms with Crippen LogP contribution in [0, 0.1) is 6.57 Å². The van der Waals surface area contributed by atoms with Crippen LogP contribution in [0.4, 0.5) is 0 Å². The number of nitrogens with zero attached hydrogens (tertiary/aromatic N) is 1. The van der Waals surface area contributed by atoms with E-state index in [-0.39, 0.29) is 0 Å². The third-order valence-electron chi connectivity index (χ3n) is 0.131. The molecule has 6 heteroatoms. The first kappa shape index (κ1) is 6.37. The molecule has 0 saturated heterocycles. The second kappa shape index (κ2) is 1.89. The van der Waals surface area contributed by atoms with Crippen LogP contribution in [0.15, 0.2) is 0 Å². The standard InChI is InChI=1S/CHNO4Se/c1-2-6-7(3,4)5/h(H,3,4,5). The van der Waals surface area contributed by atoms with Crippen LogP contribution in [0.2, 0.25) is 0 Å². The molecule has 0 aromatic carbocycles. The van der Waals surface area contributed by atoms with E-state index < -0.39 is 13.4 Å². The molecule has 1 N–H and O–H groups in total. The third-order valence-corrected chi connectivity index (χ3v) is 0.683. The molecule has 0 aliphatic carbocycles. The van der Waals surface area contributed by atoms with Gasteiger partial charge in [-0.3, -0.25) is 0 Å². The maximum atomic E-state index is 9.42. The Morgan fingerprint density at radius 3 is 2.14 bits per heavy atom. The fraction of sp³-hybridized carbons (Fsp3) is 0. The zero-order valence-electron chi connectivity index (χ0n) is 3.03. The van der Waals surface area contributed by atoms with E-state index in [9.17, 15) is 7.67 Å². The van der Waals surface area contributed by atoms with E-state index in [4.69, 9.17) is 10.8 Å². The van der Waals surface area contributed by atoms with Crippen LogP contribution in [0.3, 0.4) is 0 Å². The molecule has 0 aromatic heterocycles. The molecule has 0 aromatic rings. The molecule has 0 amide bonds. The van der Waals surface area contributed by atoms with Crippen molar-refractivity contribution in [1.29, 1.82) is 0 Å². The first-order valence-corrected chi connectivity index (χ1v) is 3.95. The van der Waals surface area contributed by atoms with Crippen molar-refractivity contribution in [2.75, 3.05) is 0 Å². The summed E-state index contributed by atoms with van der Waals surface area (Å²) in [6, 6.07) is 0. The van der Waals surface area contributed by atoms with Crippen molar-refractivity contribution in [3.8, 4) is 0 Å². The summed E-state index contributed by atoms with van der Waals surface area (Å²) in [6.45, 7) is 5.74. The molecule has 0 aliphatic rings. The van der Waals surface area contributed by atoms with Crippen LogP contribution in [0.1, 0.15) is 0 Å². The summed E-state index contributed by atoms with van der Waals surface area (Å²) >= 11 is -5.16. The summed E-state index contributed by atoms with van der Waals surface area (Å²) in [4.78, 5) is 0. The molecule has 0 heterocycles. The van der Waals surface area contributed by atoms with E-state index in [0.717, 1.165) is 0 Å². The van der Waals surface area contributed by atoms with Gasteiger partial charge in [-0.2, -0.15) is 0 Å². The van der Waals surface area contributed by atoms with Gasteiger partial charge in [-0.25, -0.2) is 0 Å². The monoisotopic (exact) mass is 171 g/mol. The molecule has 0 atom stereocenters. The van der Waals surface area contributed by atoms with Gasteiger partial charge < -0.3 is 0 Å². The molecule has 0 aliphatic heterocycles. The van der Waals surface area contributed by atoms with E-state index in [2.05, 4.69) is 3.92 Å². The molecule has 7 heavy (non-hydrogen) atoms. The zero-order valence-corrected chi connectivity index (χ0v) is 4.74. The minimum atomic E-state index is -5.16. The normalized spacial score (nSPS) is 9.71. The van der Waals surface area contributed by atoms with Crippen LogP contribution in [-0.2, 0) is 11.6 Å². The molecule has 0 rings (SSSR count). The summed E-state index contributed by atoms with van der Waals surface area (Å²) in [5.74, 6) is 0. The summed E-state index contributed by atoms with van der Waals surface area (Å²) in [5, 5.41) is 1.95. The Bertz CT molecular complexity index is 172. The molecule has 40 valence electrons. The summed E-state index contributed by atoms with van der Waals surface area (Å²) in [7, 11) is 0. The predicted molar refractivity (Wildman–Crippen MR) is 17.0 cm³/mol. The SMILES string of the molecule is [C-]#[N+]O[Se](=O)(=O)O. The Morgan fingerprint density at radius 2 is 2.14 bits per heavy atom. The van der Waals surface area contributed by atoms with Crippen molar-refractivity contribution in [3.05, 3.63) is 11.6 Å². The average Bonchev–Trinajstić information content (AvgIpc) is 1.30. The second-order valence-electron chi connectivity index (χ2n) is 0.594. The Labute approximate surface area is 41.6 Å². The van der Waals surface area contributed by atoms with Crippen LogP contribution in [0.25, 0.3) is 5.01 Å². The predicted octanol–water partition coefficient (Wildman–Crippen LogP) is -0.874. The van der Waals surface area contributed by atoms with E-state index in [1.54, 1.807) is 0 Å². The molecular weight excluding hydrogens is 169 g/mol. The van der Waals surface area contributed by atoms with Crippen LogP contribution >= 0.6 is 0 Å². The van der Waals surface area contributed by atoms with Gasteiger partial charge in [-0.1, -0.05) is 0 Å². The van der Waals surface area contributed by atoms with Gasteiger partial charge >= 0.3 is 40.7 Å². The second-order valence-corrected chi connectivity index (χ2v) is 2.70. The van der Waals surface area contributed by atoms with Gasteiger partial charge in [-0.05, 0) is 0 Å². The van der Waals surface area contributed by atoms with Crippen molar-refractivity contribution < 1.29 is 15.8 Å². The molecule has 5 nitrogen and oxygen atoms in total. The van der Waals surface area contributed by atoms with E-state index in [0.29, 0.717) is 0 Å². The van der Waals surface area contributed by atoms with E-state index in [1.165, 1.54) is 0 Å². The van der Waals surface area contributed by atoms with Gasteiger partial charge in [0.2, 0.25) is 0 Å². The minimum absolute atomic E-state index is 1.95. The fourth-order valence-corrected chi connectivity index (χ4v) is 0.245. The fourth-order valence-electron chi connectivity index (χ4n) is 0.0471. The van der Waals surface area contributed by atoms with E-state index >= 15 is 0 Å². The topological polar surface area (TPSA) is 68.0 Å². The number of hydrogen-bond acceptors (Lipinski definition) is 3.